The third-order valence-corrected chi connectivity index (χ3v) is 5.54. The van der Waals surface area contributed by atoms with Gasteiger partial charge in [-0.25, -0.2) is 4.39 Å². The molecule has 0 aliphatic carbocycles. The Bertz CT molecular complexity index is 1350. The van der Waals surface area contributed by atoms with Crippen LogP contribution >= 0.6 is 11.6 Å². The molecule has 0 saturated heterocycles. The first-order valence-corrected chi connectivity index (χ1v) is 11.5. The van der Waals surface area contributed by atoms with Crippen molar-refractivity contribution in [3.05, 3.63) is 75.3 Å². The molecule has 0 saturated carbocycles. The maximum absolute atomic E-state index is 14.9. The molecule has 0 heterocycles. The highest BCUT2D eigenvalue weighted by Crippen LogP contribution is 2.42. The lowest BCUT2D eigenvalue weighted by atomic mass is 9.94. The highest BCUT2D eigenvalue weighted by molar-refractivity contribution is 6.30. The number of carbonyl (C=O) groups excluding carboxylic acids is 2. The maximum Gasteiger partial charge on any atom is 0.417 e. The largest absolute Gasteiger partial charge is 0.417 e. The van der Waals surface area contributed by atoms with Crippen molar-refractivity contribution in [2.24, 2.45) is 0 Å². The fraction of sp³-hybridized carbons (Fsp3) is 0.333. The fourth-order valence-corrected chi connectivity index (χ4v) is 3.63. The number of amides is 2. The van der Waals surface area contributed by atoms with Gasteiger partial charge in [0.1, 0.15) is 24.3 Å². The minimum Gasteiger partial charge on any atom is -0.345 e. The Morgan fingerprint density at radius 2 is 1.48 bits per heavy atom. The topological polar surface area (TPSA) is 58.2 Å². The standard InChI is InChI=1S/C24H16ClF13N2O2/c1-10(19(41)39-9-21(27,28)29)40-20(42)15-3-2-11(6-17(15)24(36,37)38)18(26)8-16(23(33,34)35)12-4-13(22(30,31)32)7-14(25)5-12/h2-8,10,16H,9H2,1H3,(H,39,41)(H,40,42)/b18-8-/t10-,16?/m1/s1. The van der Waals surface area contributed by atoms with Gasteiger partial charge >= 0.3 is 24.7 Å². The van der Waals surface area contributed by atoms with Crippen molar-refractivity contribution >= 4 is 29.2 Å². The lowest BCUT2D eigenvalue weighted by Crippen LogP contribution is -2.47. The Morgan fingerprint density at radius 3 is 1.98 bits per heavy atom. The van der Waals surface area contributed by atoms with E-state index in [2.05, 4.69) is 0 Å². The summed E-state index contributed by atoms with van der Waals surface area (Å²) in [7, 11) is 0. The molecule has 2 aromatic carbocycles. The quantitative estimate of drug-likeness (QED) is 0.302. The molecule has 1 unspecified atom stereocenters. The number of carbonyl (C=O) groups is 2. The number of rotatable bonds is 7. The van der Waals surface area contributed by atoms with Crippen LogP contribution in [-0.4, -0.2) is 36.8 Å². The summed E-state index contributed by atoms with van der Waals surface area (Å²) in [6, 6.07) is -0.292. The van der Waals surface area contributed by atoms with Gasteiger partial charge in [0.25, 0.3) is 5.91 Å². The molecule has 2 aromatic rings. The molecule has 2 amide bonds. The molecule has 4 nitrogen and oxygen atoms in total. The SMILES string of the molecule is C[C@@H](NC(=O)c1ccc(/C(F)=C/C(c2cc(Cl)cc(C(F)(F)F)c2)C(F)(F)F)cc1C(F)(F)F)C(=O)NCC(F)(F)F. The first kappa shape index (κ1) is 34.7. The van der Waals surface area contributed by atoms with E-state index in [9.17, 15) is 66.7 Å². The number of alkyl halides is 12. The zero-order valence-corrected chi connectivity index (χ0v) is 21.3. The van der Waals surface area contributed by atoms with Crippen molar-refractivity contribution in [2.45, 2.75) is 43.6 Å². The summed E-state index contributed by atoms with van der Waals surface area (Å²) in [5, 5.41) is 2.30. The molecule has 42 heavy (non-hydrogen) atoms. The fourth-order valence-electron chi connectivity index (χ4n) is 3.38. The van der Waals surface area contributed by atoms with Gasteiger partial charge in [0.05, 0.1) is 16.7 Å². The van der Waals surface area contributed by atoms with Gasteiger partial charge in [0, 0.05) is 10.6 Å². The minimum absolute atomic E-state index is 0.0361. The second-order valence-corrected chi connectivity index (χ2v) is 9.03. The Labute approximate surface area is 232 Å². The van der Waals surface area contributed by atoms with Gasteiger partial charge in [0.15, 0.2) is 0 Å². The van der Waals surface area contributed by atoms with Crippen LogP contribution in [0.15, 0.2) is 42.5 Å². The van der Waals surface area contributed by atoms with Crippen LogP contribution in [0.2, 0.25) is 5.02 Å². The van der Waals surface area contributed by atoms with Crippen molar-refractivity contribution in [3.8, 4) is 0 Å². The van der Waals surface area contributed by atoms with Crippen LogP contribution in [0.3, 0.4) is 0 Å². The molecule has 2 rings (SSSR count). The number of halogens is 14. The second-order valence-electron chi connectivity index (χ2n) is 8.59. The van der Waals surface area contributed by atoms with Crippen molar-refractivity contribution in [1.29, 1.82) is 0 Å². The molecule has 2 N–H and O–H groups in total. The highest BCUT2D eigenvalue weighted by atomic mass is 35.5. The van der Waals surface area contributed by atoms with Crippen molar-refractivity contribution in [3.63, 3.8) is 0 Å². The Balaban J connectivity index is 2.49. The first-order valence-electron chi connectivity index (χ1n) is 11.1. The third kappa shape index (κ3) is 9.52. The van der Waals surface area contributed by atoms with E-state index in [1.54, 1.807) is 5.32 Å². The van der Waals surface area contributed by atoms with Crippen LogP contribution in [0, 0.1) is 0 Å². The molecule has 0 radical (unpaired) electrons. The number of nitrogens with one attached hydrogen (secondary N) is 2. The summed E-state index contributed by atoms with van der Waals surface area (Å²) < 4.78 is 173. The van der Waals surface area contributed by atoms with Crippen molar-refractivity contribution in [2.75, 3.05) is 6.54 Å². The van der Waals surface area contributed by atoms with Crippen LogP contribution in [0.5, 0.6) is 0 Å². The molecule has 0 fully saturated rings. The van der Waals surface area contributed by atoms with Gasteiger partial charge in [-0.15, -0.1) is 0 Å². The number of allylic oxidation sites excluding steroid dienone is 1. The second kappa shape index (κ2) is 12.4. The van der Waals surface area contributed by atoms with Gasteiger partial charge < -0.3 is 10.6 Å². The van der Waals surface area contributed by atoms with Crippen molar-refractivity contribution < 1.29 is 66.7 Å². The van der Waals surface area contributed by atoms with Crippen LogP contribution < -0.4 is 10.6 Å². The number of benzene rings is 2. The van der Waals surface area contributed by atoms with Crippen LogP contribution in [0.25, 0.3) is 5.83 Å². The minimum atomic E-state index is -5.44. The van der Waals surface area contributed by atoms with Gasteiger partial charge in [-0.3, -0.25) is 9.59 Å². The monoisotopic (exact) mass is 646 g/mol. The molecule has 0 aromatic heterocycles. The smallest absolute Gasteiger partial charge is 0.345 e. The van der Waals surface area contributed by atoms with Crippen molar-refractivity contribution in [1.82, 2.24) is 10.6 Å². The lowest BCUT2D eigenvalue weighted by Gasteiger charge is -2.20. The predicted octanol–water partition coefficient (Wildman–Crippen LogP) is 7.83. The van der Waals surface area contributed by atoms with E-state index >= 15 is 0 Å². The Kier molecular flexibility index (Phi) is 10.2. The predicted molar refractivity (Wildman–Crippen MR) is 122 cm³/mol. The molecule has 18 heteroatoms. The summed E-state index contributed by atoms with van der Waals surface area (Å²) in [5.41, 5.74) is -7.13. The zero-order chi connectivity index (χ0) is 32.4. The molecule has 0 bridgehead atoms. The van der Waals surface area contributed by atoms with E-state index < -0.39 is 93.7 Å². The Morgan fingerprint density at radius 1 is 0.881 bits per heavy atom. The van der Waals surface area contributed by atoms with E-state index in [1.165, 1.54) is 5.32 Å². The summed E-state index contributed by atoms with van der Waals surface area (Å²) in [5.74, 6) is -8.15. The van der Waals surface area contributed by atoms with Crippen LogP contribution in [0.4, 0.5) is 57.1 Å². The van der Waals surface area contributed by atoms with Gasteiger partial charge in [-0.2, -0.15) is 52.7 Å². The molecule has 0 aliphatic rings. The average molecular weight is 647 g/mol. The van der Waals surface area contributed by atoms with Crippen LogP contribution in [0.1, 0.15) is 45.5 Å². The first-order chi connectivity index (χ1) is 18.9. The van der Waals surface area contributed by atoms with E-state index in [-0.39, 0.29) is 18.2 Å². The summed E-state index contributed by atoms with van der Waals surface area (Å²) in [6.07, 6.45) is -21.2. The Hall–Kier alpha value is -3.50. The number of hydrogen-bond acceptors (Lipinski definition) is 2. The summed E-state index contributed by atoms with van der Waals surface area (Å²) in [4.78, 5) is 24.1. The summed E-state index contributed by atoms with van der Waals surface area (Å²) in [6.45, 7) is -0.975. The molecule has 232 valence electrons. The third-order valence-electron chi connectivity index (χ3n) is 5.32. The molecular weight excluding hydrogens is 631 g/mol. The molecular formula is C24H16ClF13N2O2. The van der Waals surface area contributed by atoms with E-state index in [0.29, 0.717) is 24.3 Å². The van der Waals surface area contributed by atoms with Gasteiger partial charge in [-0.05, 0) is 48.9 Å². The highest BCUT2D eigenvalue weighted by Gasteiger charge is 2.42. The van der Waals surface area contributed by atoms with Gasteiger partial charge in [-0.1, -0.05) is 17.7 Å². The maximum atomic E-state index is 14.9. The van der Waals surface area contributed by atoms with Crippen LogP contribution in [-0.2, 0) is 17.1 Å². The molecule has 2 atom stereocenters. The molecule has 0 aliphatic heterocycles. The normalized spacial score (nSPS) is 14.8. The average Bonchev–Trinajstić information content (AvgIpc) is 2.82. The van der Waals surface area contributed by atoms with E-state index in [0.717, 1.165) is 6.92 Å². The zero-order valence-electron chi connectivity index (χ0n) is 20.5. The lowest BCUT2D eigenvalue weighted by molar-refractivity contribution is -0.142. The molecule has 0 spiro atoms. The van der Waals surface area contributed by atoms with Gasteiger partial charge in [0.2, 0.25) is 5.91 Å². The summed E-state index contributed by atoms with van der Waals surface area (Å²) >= 11 is 5.50. The number of hydrogen-bond donors (Lipinski definition) is 2. The van der Waals surface area contributed by atoms with E-state index in [1.807, 2.05) is 0 Å². The van der Waals surface area contributed by atoms with E-state index in [4.69, 9.17) is 11.6 Å².